The van der Waals surface area contributed by atoms with Crippen LogP contribution in [0.1, 0.15) is 43.4 Å². The van der Waals surface area contributed by atoms with Gasteiger partial charge in [-0.2, -0.15) is 0 Å². The highest BCUT2D eigenvalue weighted by Gasteiger charge is 2.13. The second kappa shape index (κ2) is 6.89. The average Bonchev–Trinajstić information content (AvgIpc) is 2.82. The Hall–Kier alpha value is -1.35. The van der Waals surface area contributed by atoms with Crippen molar-refractivity contribution in [3.05, 3.63) is 34.9 Å². The van der Waals surface area contributed by atoms with Crippen molar-refractivity contribution in [2.45, 2.75) is 46.1 Å². The summed E-state index contributed by atoms with van der Waals surface area (Å²) in [6.45, 7) is 7.39. The molecule has 0 atom stereocenters. The van der Waals surface area contributed by atoms with Crippen molar-refractivity contribution in [2.24, 2.45) is 11.7 Å². The van der Waals surface area contributed by atoms with Crippen LogP contribution in [0.25, 0.3) is 0 Å². The number of nitrogens with one attached hydrogen (secondary N) is 1. The Morgan fingerprint density at radius 1 is 1.30 bits per heavy atom. The molecule has 0 aromatic heterocycles. The third kappa shape index (κ3) is 4.34. The van der Waals surface area contributed by atoms with Crippen molar-refractivity contribution in [1.82, 2.24) is 4.90 Å². The molecule has 0 fully saturated rings. The fourth-order valence-electron chi connectivity index (χ4n) is 3.01. The van der Waals surface area contributed by atoms with Crippen LogP contribution in [0.5, 0.6) is 0 Å². The molecule has 0 unspecified atom stereocenters. The Labute approximate surface area is 122 Å². The summed E-state index contributed by atoms with van der Waals surface area (Å²) in [5.74, 6) is 0.920. The maximum Gasteiger partial charge on any atom is 0.0918 e. The van der Waals surface area contributed by atoms with Gasteiger partial charge < -0.3 is 5.73 Å². The van der Waals surface area contributed by atoms with Crippen LogP contribution in [-0.2, 0) is 19.4 Å². The normalized spacial score (nSPS) is 14.0. The number of benzene rings is 1. The zero-order valence-electron chi connectivity index (χ0n) is 12.8. The van der Waals surface area contributed by atoms with Crippen LogP contribution in [0.3, 0.4) is 0 Å². The predicted molar refractivity (Wildman–Crippen MR) is 85.1 cm³/mol. The Kier molecular flexibility index (Phi) is 5.18. The molecule has 0 amide bonds. The van der Waals surface area contributed by atoms with Gasteiger partial charge in [-0.25, -0.2) is 0 Å². The van der Waals surface area contributed by atoms with Gasteiger partial charge in [0.25, 0.3) is 0 Å². The Morgan fingerprint density at radius 3 is 2.75 bits per heavy atom. The van der Waals surface area contributed by atoms with E-state index in [9.17, 15) is 0 Å². The number of hydrogen-bond donors (Lipinski definition) is 2. The maximum absolute atomic E-state index is 7.40. The summed E-state index contributed by atoms with van der Waals surface area (Å²) in [6.07, 6.45) is 4.45. The number of nitrogens with two attached hydrogens (primary N) is 1. The van der Waals surface area contributed by atoms with E-state index < -0.39 is 0 Å². The molecule has 1 aromatic rings. The van der Waals surface area contributed by atoms with Crippen LogP contribution in [0, 0.1) is 11.3 Å². The summed E-state index contributed by atoms with van der Waals surface area (Å²) in [5, 5.41) is 7.40. The summed E-state index contributed by atoms with van der Waals surface area (Å²) in [4.78, 5) is 2.42. The Bertz CT molecular complexity index is 465. The van der Waals surface area contributed by atoms with E-state index in [4.69, 9.17) is 11.1 Å². The van der Waals surface area contributed by atoms with E-state index in [2.05, 4.69) is 36.9 Å². The van der Waals surface area contributed by atoms with E-state index in [1.54, 1.807) is 5.56 Å². The molecule has 0 heterocycles. The molecule has 2 rings (SSSR count). The third-order valence-electron chi connectivity index (χ3n) is 3.89. The predicted octanol–water partition coefficient (Wildman–Crippen LogP) is 2.96. The molecular formula is C17H27N3. The highest BCUT2D eigenvalue weighted by molar-refractivity contribution is 5.76. The largest absolute Gasteiger partial charge is 0.388 e. The van der Waals surface area contributed by atoms with Gasteiger partial charge in [0.15, 0.2) is 0 Å². The molecule has 3 N–H and O–H groups in total. The number of hydrogen-bond acceptors (Lipinski definition) is 2. The molecule has 0 aliphatic heterocycles. The molecule has 0 saturated carbocycles. The zero-order chi connectivity index (χ0) is 14.5. The van der Waals surface area contributed by atoms with Crippen LogP contribution < -0.4 is 5.73 Å². The highest BCUT2D eigenvalue weighted by Crippen LogP contribution is 2.23. The number of amidine groups is 1. The van der Waals surface area contributed by atoms with Crippen molar-refractivity contribution >= 4 is 5.84 Å². The molecule has 0 saturated heterocycles. The van der Waals surface area contributed by atoms with Crippen molar-refractivity contribution in [3.63, 3.8) is 0 Å². The number of nitrogens with zero attached hydrogens (tertiary/aromatic N) is 1. The first kappa shape index (κ1) is 15.0. The molecule has 3 nitrogen and oxygen atoms in total. The monoisotopic (exact) mass is 273 g/mol. The molecule has 20 heavy (non-hydrogen) atoms. The van der Waals surface area contributed by atoms with Gasteiger partial charge in [-0.15, -0.1) is 0 Å². The van der Waals surface area contributed by atoms with Gasteiger partial charge in [-0.1, -0.05) is 32.0 Å². The molecule has 0 spiro atoms. The van der Waals surface area contributed by atoms with Gasteiger partial charge in [0.2, 0.25) is 0 Å². The van der Waals surface area contributed by atoms with E-state index in [0.29, 0.717) is 12.3 Å². The minimum absolute atomic E-state index is 0.285. The lowest BCUT2D eigenvalue weighted by Gasteiger charge is -2.24. The first-order chi connectivity index (χ1) is 9.54. The molecule has 0 radical (unpaired) electrons. The summed E-state index contributed by atoms with van der Waals surface area (Å²) >= 11 is 0. The lowest BCUT2D eigenvalue weighted by molar-refractivity contribution is 0.242. The zero-order valence-corrected chi connectivity index (χ0v) is 12.8. The van der Waals surface area contributed by atoms with E-state index in [0.717, 1.165) is 19.6 Å². The van der Waals surface area contributed by atoms with Crippen LogP contribution in [0.4, 0.5) is 0 Å². The lowest BCUT2D eigenvalue weighted by atomic mass is 10.1. The highest BCUT2D eigenvalue weighted by atomic mass is 15.1. The fourth-order valence-corrected chi connectivity index (χ4v) is 3.01. The van der Waals surface area contributed by atoms with Crippen molar-refractivity contribution in [2.75, 3.05) is 13.1 Å². The smallest absolute Gasteiger partial charge is 0.0918 e. The summed E-state index contributed by atoms with van der Waals surface area (Å²) in [5.41, 5.74) is 9.97. The first-order valence-corrected chi connectivity index (χ1v) is 7.70. The molecule has 0 bridgehead atoms. The van der Waals surface area contributed by atoms with E-state index in [1.165, 1.54) is 30.4 Å². The standard InChI is InChI=1S/C17H27N3/c1-13(2)11-20(9-8-17(18)19)12-14-6-7-15-4-3-5-16(15)10-14/h6-7,10,13H,3-5,8-9,11-12H2,1-2H3,(H3,18,19). The summed E-state index contributed by atoms with van der Waals surface area (Å²) in [7, 11) is 0. The molecule has 1 aromatic carbocycles. The minimum atomic E-state index is 0.285. The third-order valence-corrected chi connectivity index (χ3v) is 3.89. The maximum atomic E-state index is 7.40. The number of fused-ring (bicyclic) bond motifs is 1. The van der Waals surface area contributed by atoms with Crippen molar-refractivity contribution in [3.8, 4) is 0 Å². The lowest BCUT2D eigenvalue weighted by Crippen LogP contribution is -2.30. The van der Waals surface area contributed by atoms with Crippen LogP contribution in [0.15, 0.2) is 18.2 Å². The second-order valence-electron chi connectivity index (χ2n) is 6.36. The first-order valence-electron chi connectivity index (χ1n) is 7.70. The number of aryl methyl sites for hydroxylation is 2. The van der Waals surface area contributed by atoms with Crippen LogP contribution >= 0.6 is 0 Å². The molecular weight excluding hydrogens is 246 g/mol. The topological polar surface area (TPSA) is 53.1 Å². The van der Waals surface area contributed by atoms with Gasteiger partial charge in [0.05, 0.1) is 5.84 Å². The Morgan fingerprint density at radius 2 is 2.05 bits per heavy atom. The minimum Gasteiger partial charge on any atom is -0.388 e. The van der Waals surface area contributed by atoms with E-state index >= 15 is 0 Å². The SMILES string of the molecule is CC(C)CN(CCC(=N)N)Cc1ccc2c(c1)CCC2. The van der Waals surface area contributed by atoms with Gasteiger partial charge in [-0.3, -0.25) is 10.3 Å². The quantitative estimate of drug-likeness (QED) is 0.593. The van der Waals surface area contributed by atoms with Crippen LogP contribution in [-0.4, -0.2) is 23.8 Å². The molecule has 3 heteroatoms. The molecule has 1 aliphatic carbocycles. The van der Waals surface area contributed by atoms with Gasteiger partial charge in [0, 0.05) is 26.1 Å². The summed E-state index contributed by atoms with van der Waals surface area (Å²) in [6, 6.07) is 6.95. The molecule has 1 aliphatic rings. The fraction of sp³-hybridized carbons (Fsp3) is 0.588. The van der Waals surface area contributed by atoms with Crippen molar-refractivity contribution < 1.29 is 0 Å². The average molecular weight is 273 g/mol. The van der Waals surface area contributed by atoms with Gasteiger partial charge in [0.1, 0.15) is 0 Å². The van der Waals surface area contributed by atoms with Gasteiger partial charge in [-0.05, 0) is 41.9 Å². The van der Waals surface area contributed by atoms with Crippen molar-refractivity contribution in [1.29, 1.82) is 5.41 Å². The van der Waals surface area contributed by atoms with Crippen LogP contribution in [0.2, 0.25) is 0 Å². The summed E-state index contributed by atoms with van der Waals surface area (Å²) < 4.78 is 0. The van der Waals surface area contributed by atoms with E-state index in [1.807, 2.05) is 0 Å². The second-order valence-corrected chi connectivity index (χ2v) is 6.36. The molecule has 110 valence electrons. The van der Waals surface area contributed by atoms with E-state index in [-0.39, 0.29) is 5.84 Å². The number of rotatable bonds is 7. The Balaban J connectivity index is 2.00. The van der Waals surface area contributed by atoms with Gasteiger partial charge >= 0.3 is 0 Å².